The van der Waals surface area contributed by atoms with Crippen LogP contribution in [0.2, 0.25) is 20.1 Å². The molecule has 0 aliphatic rings. The molecule has 4 nitrogen and oxygen atoms in total. The van der Waals surface area contributed by atoms with Crippen LogP contribution in [0.25, 0.3) is 21.1 Å². The second-order valence-electron chi connectivity index (χ2n) is 3.15. The van der Waals surface area contributed by atoms with E-state index in [1.807, 2.05) is 0 Å². The van der Waals surface area contributed by atoms with Crippen molar-refractivity contribution in [3.8, 4) is 12.1 Å². The normalized spacial score (nSPS) is 8.80. The lowest BCUT2D eigenvalue weighted by Gasteiger charge is -2.06. The van der Waals surface area contributed by atoms with Crippen molar-refractivity contribution in [3.63, 3.8) is 0 Å². The molecule has 1 aromatic carbocycles. The van der Waals surface area contributed by atoms with Crippen molar-refractivity contribution in [2.24, 2.45) is 0 Å². The number of nitriles is 2. The van der Waals surface area contributed by atoms with Gasteiger partial charge in [0.05, 0.1) is 45.4 Å². The van der Waals surface area contributed by atoms with Crippen LogP contribution in [0.3, 0.4) is 0 Å². The first-order chi connectivity index (χ1) is 9.44. The highest BCUT2D eigenvalue weighted by atomic mass is 35.5. The fourth-order valence-corrected chi connectivity index (χ4v) is 2.53. The molecule has 0 bridgehead atoms. The molecular weight excluding hydrogens is 342 g/mol. The Kier molecular flexibility index (Phi) is 5.24. The van der Waals surface area contributed by atoms with Crippen molar-refractivity contribution in [1.29, 1.82) is 10.5 Å². The van der Waals surface area contributed by atoms with Crippen molar-refractivity contribution in [2.75, 3.05) is 0 Å². The standard InChI is InChI=1S/C12Cl4N4/c1-19-5(3-17)7-9(13)11(15)8(6(4-18)20-2)12(16)10(7)14. The van der Waals surface area contributed by atoms with Crippen LogP contribution in [-0.4, -0.2) is 0 Å². The number of rotatable bonds is 0. The monoisotopic (exact) mass is 340 g/mol. The van der Waals surface area contributed by atoms with E-state index < -0.39 is 11.4 Å². The van der Waals surface area contributed by atoms with Crippen LogP contribution in [-0.2, 0) is 0 Å². The molecule has 0 unspecified atom stereocenters. The van der Waals surface area contributed by atoms with Gasteiger partial charge in [0.15, 0.2) is 0 Å². The smallest absolute Gasteiger partial charge is 0.226 e. The van der Waals surface area contributed by atoms with Crippen LogP contribution < -0.4 is 10.4 Å². The first-order valence-corrected chi connectivity index (χ1v) is 6.11. The lowest BCUT2D eigenvalue weighted by Crippen LogP contribution is -2.19. The molecule has 0 atom stereocenters. The molecular formula is C12Cl4N4. The molecule has 0 aromatic heterocycles. The molecule has 0 fully saturated rings. The van der Waals surface area contributed by atoms with Gasteiger partial charge in [-0.3, -0.25) is 0 Å². The van der Waals surface area contributed by atoms with Gasteiger partial charge in [-0.05, 0) is 0 Å². The van der Waals surface area contributed by atoms with Gasteiger partial charge in [0.2, 0.25) is 0 Å². The molecule has 1 aromatic rings. The van der Waals surface area contributed by atoms with Crippen LogP contribution in [0.4, 0.5) is 0 Å². The van der Waals surface area contributed by atoms with E-state index in [1.165, 1.54) is 0 Å². The van der Waals surface area contributed by atoms with Gasteiger partial charge >= 0.3 is 0 Å². The minimum Gasteiger partial charge on any atom is -0.226 e. The van der Waals surface area contributed by atoms with Gasteiger partial charge in [0.25, 0.3) is 11.4 Å². The van der Waals surface area contributed by atoms with E-state index in [2.05, 4.69) is 9.69 Å². The molecule has 0 amide bonds. The average molecular weight is 342 g/mol. The second kappa shape index (κ2) is 6.49. The summed E-state index contributed by atoms with van der Waals surface area (Å²) in [5, 5.41) is 16.7. The van der Waals surface area contributed by atoms with Crippen molar-refractivity contribution in [1.82, 2.24) is 0 Å². The summed E-state index contributed by atoms with van der Waals surface area (Å²) in [6.07, 6.45) is 0. The lowest BCUT2D eigenvalue weighted by molar-refractivity contribution is 1.48. The Morgan fingerprint density at radius 2 is 1.00 bits per heavy atom. The largest absolute Gasteiger partial charge is 0.272 e. The number of halogens is 4. The molecule has 0 N–H and O–H groups in total. The molecule has 0 aliphatic carbocycles. The second-order valence-corrected chi connectivity index (χ2v) is 4.66. The summed E-state index contributed by atoms with van der Waals surface area (Å²) >= 11 is 23.9. The quantitative estimate of drug-likeness (QED) is 0.536. The van der Waals surface area contributed by atoms with Gasteiger partial charge < -0.3 is 0 Å². The van der Waals surface area contributed by atoms with E-state index in [9.17, 15) is 0 Å². The third-order valence-electron chi connectivity index (χ3n) is 2.17. The first-order valence-electron chi connectivity index (χ1n) is 4.60. The SMILES string of the molecule is [C-]#[N+]C(C#N)=c1c(Cl)c(Cl)c(=C(C#N)[N+]#[C-])c(Cl)c1Cl. The minimum absolute atomic E-state index is 0.119. The van der Waals surface area contributed by atoms with E-state index in [0.717, 1.165) is 0 Å². The Morgan fingerprint density at radius 1 is 0.750 bits per heavy atom. The highest BCUT2D eigenvalue weighted by Crippen LogP contribution is 2.25. The summed E-state index contributed by atoms with van der Waals surface area (Å²) in [5.41, 5.74) is -0.784. The maximum atomic E-state index is 8.87. The van der Waals surface area contributed by atoms with Gasteiger partial charge in [-0.25, -0.2) is 20.2 Å². The zero-order valence-electron chi connectivity index (χ0n) is 9.30. The highest BCUT2D eigenvalue weighted by Gasteiger charge is 2.17. The van der Waals surface area contributed by atoms with Crippen LogP contribution >= 0.6 is 46.4 Å². The Morgan fingerprint density at radius 3 is 1.15 bits per heavy atom. The van der Waals surface area contributed by atoms with Crippen molar-refractivity contribution >= 4 is 57.8 Å². The predicted molar refractivity (Wildman–Crippen MR) is 77.0 cm³/mol. The molecule has 0 aliphatic heterocycles. The fraction of sp³-hybridized carbons (Fsp3) is 0. The summed E-state index contributed by atoms with van der Waals surface area (Å²) in [4.78, 5) is 5.97. The summed E-state index contributed by atoms with van der Waals surface area (Å²) in [5.74, 6) is 0. The molecule has 0 heterocycles. The highest BCUT2D eigenvalue weighted by molar-refractivity contribution is 6.47. The number of hydrogen-bond donors (Lipinski definition) is 0. The van der Waals surface area contributed by atoms with Gasteiger partial charge in [0.1, 0.15) is 0 Å². The van der Waals surface area contributed by atoms with Crippen LogP contribution in [0.5, 0.6) is 0 Å². The van der Waals surface area contributed by atoms with Gasteiger partial charge in [-0.1, -0.05) is 46.4 Å². The van der Waals surface area contributed by atoms with Crippen molar-refractivity contribution < 1.29 is 0 Å². The number of hydrogen-bond acceptors (Lipinski definition) is 2. The Hall–Kier alpha value is -1.92. The van der Waals surface area contributed by atoms with E-state index in [1.54, 1.807) is 12.1 Å². The number of benzene rings is 1. The number of nitrogens with zero attached hydrogens (tertiary/aromatic N) is 4. The van der Waals surface area contributed by atoms with E-state index in [-0.39, 0.29) is 30.5 Å². The molecule has 0 radical (unpaired) electrons. The molecule has 20 heavy (non-hydrogen) atoms. The fourth-order valence-electron chi connectivity index (χ4n) is 1.32. The Bertz CT molecular complexity index is 746. The third-order valence-corrected chi connectivity index (χ3v) is 3.88. The minimum atomic E-state index is -0.392. The summed E-state index contributed by atoms with van der Waals surface area (Å²) < 4.78 is 0. The molecule has 0 saturated heterocycles. The Labute approximate surface area is 133 Å². The zero-order chi connectivity index (χ0) is 15.4. The molecule has 1 rings (SSSR count). The first kappa shape index (κ1) is 16.1. The van der Waals surface area contributed by atoms with Crippen molar-refractivity contribution in [3.05, 3.63) is 53.4 Å². The van der Waals surface area contributed by atoms with E-state index in [0.29, 0.717) is 0 Å². The van der Waals surface area contributed by atoms with Crippen LogP contribution in [0, 0.1) is 35.8 Å². The topological polar surface area (TPSA) is 56.3 Å². The maximum absolute atomic E-state index is 8.87. The summed E-state index contributed by atoms with van der Waals surface area (Å²) in [7, 11) is 0. The Balaban J connectivity index is 4.35. The van der Waals surface area contributed by atoms with Crippen LogP contribution in [0.15, 0.2) is 0 Å². The van der Waals surface area contributed by atoms with Gasteiger partial charge in [0, 0.05) is 10.4 Å². The molecule has 8 heteroatoms. The predicted octanol–water partition coefficient (Wildman–Crippen LogP) is 3.40. The van der Waals surface area contributed by atoms with Crippen molar-refractivity contribution in [2.45, 2.75) is 0 Å². The maximum Gasteiger partial charge on any atom is 0.272 e. The van der Waals surface area contributed by atoms with E-state index >= 15 is 0 Å². The lowest BCUT2D eigenvalue weighted by atomic mass is 10.2. The van der Waals surface area contributed by atoms with Gasteiger partial charge in [-0.15, -0.1) is 0 Å². The van der Waals surface area contributed by atoms with E-state index in [4.69, 9.17) is 70.1 Å². The summed E-state index contributed by atoms with van der Waals surface area (Å²) in [6, 6.07) is 3.25. The zero-order valence-corrected chi connectivity index (χ0v) is 12.3. The average Bonchev–Trinajstić information content (AvgIpc) is 2.46. The van der Waals surface area contributed by atoms with Crippen LogP contribution in [0.1, 0.15) is 0 Å². The molecule has 0 spiro atoms. The molecule has 0 saturated carbocycles. The molecule has 96 valence electrons. The third kappa shape index (κ3) is 2.52. The van der Waals surface area contributed by atoms with Gasteiger partial charge in [-0.2, -0.15) is 0 Å². The summed E-state index contributed by atoms with van der Waals surface area (Å²) in [6.45, 7) is 13.8.